The van der Waals surface area contributed by atoms with E-state index in [2.05, 4.69) is 22.4 Å². The number of piperidine rings is 1. The van der Waals surface area contributed by atoms with Gasteiger partial charge in [-0.3, -0.25) is 0 Å². The van der Waals surface area contributed by atoms with Crippen molar-refractivity contribution < 1.29 is 4.42 Å². The summed E-state index contributed by atoms with van der Waals surface area (Å²) < 4.78 is 5.42. The van der Waals surface area contributed by atoms with Crippen molar-refractivity contribution in [3.05, 3.63) is 11.8 Å². The number of hydrogen-bond donors (Lipinski definition) is 1. The summed E-state index contributed by atoms with van der Waals surface area (Å²) in [5.74, 6) is 1.93. The second kappa shape index (κ2) is 3.46. The van der Waals surface area contributed by atoms with Crippen molar-refractivity contribution in [3.63, 3.8) is 0 Å². The number of nitrogens with one attached hydrogen (secondary N) is 1. The molecule has 2 atom stereocenters. The fourth-order valence-electron chi connectivity index (χ4n) is 1.83. The molecule has 1 N–H and O–H groups in total. The van der Waals surface area contributed by atoms with E-state index in [-0.39, 0.29) is 0 Å². The van der Waals surface area contributed by atoms with Crippen LogP contribution in [0.2, 0.25) is 0 Å². The highest BCUT2D eigenvalue weighted by molar-refractivity contribution is 4.95. The SMILES string of the molecule is Cc1nnc([C@@H]2CCN[C@H](C)C2)o1. The van der Waals surface area contributed by atoms with Crippen molar-refractivity contribution >= 4 is 0 Å². The minimum atomic E-state index is 0.456. The Morgan fingerprint density at radius 2 is 2.31 bits per heavy atom. The summed E-state index contributed by atoms with van der Waals surface area (Å²) in [6, 6.07) is 0.561. The molecule has 1 fully saturated rings. The van der Waals surface area contributed by atoms with Gasteiger partial charge in [0.2, 0.25) is 11.8 Å². The Balaban J connectivity index is 2.08. The zero-order chi connectivity index (χ0) is 9.26. The molecule has 4 heteroatoms. The fraction of sp³-hybridized carbons (Fsp3) is 0.778. The third kappa shape index (κ3) is 1.88. The predicted molar refractivity (Wildman–Crippen MR) is 48.5 cm³/mol. The molecule has 2 rings (SSSR count). The lowest BCUT2D eigenvalue weighted by Crippen LogP contribution is -2.34. The highest BCUT2D eigenvalue weighted by Gasteiger charge is 2.23. The number of rotatable bonds is 1. The van der Waals surface area contributed by atoms with Gasteiger partial charge in [-0.15, -0.1) is 10.2 Å². The zero-order valence-electron chi connectivity index (χ0n) is 8.08. The van der Waals surface area contributed by atoms with E-state index in [9.17, 15) is 0 Å². The van der Waals surface area contributed by atoms with E-state index < -0.39 is 0 Å². The van der Waals surface area contributed by atoms with Gasteiger partial charge in [0.15, 0.2) is 0 Å². The highest BCUT2D eigenvalue weighted by Crippen LogP contribution is 2.26. The molecule has 0 bridgehead atoms. The standard InChI is InChI=1S/C9H15N3O/c1-6-5-8(3-4-10-6)9-12-11-7(2)13-9/h6,8,10H,3-5H2,1-2H3/t6-,8-/m1/s1. The molecule has 0 saturated carbocycles. The minimum absolute atomic E-state index is 0.456. The second-order valence-electron chi connectivity index (χ2n) is 3.74. The number of hydrogen-bond acceptors (Lipinski definition) is 4. The second-order valence-corrected chi connectivity index (χ2v) is 3.74. The number of aryl methyl sites for hydroxylation is 1. The topological polar surface area (TPSA) is 51.0 Å². The molecule has 0 amide bonds. The van der Waals surface area contributed by atoms with Gasteiger partial charge in [-0.1, -0.05) is 0 Å². The zero-order valence-corrected chi connectivity index (χ0v) is 8.08. The lowest BCUT2D eigenvalue weighted by molar-refractivity contribution is 0.325. The highest BCUT2D eigenvalue weighted by atomic mass is 16.4. The van der Waals surface area contributed by atoms with Crippen LogP contribution in [0.3, 0.4) is 0 Å². The molecule has 72 valence electrons. The monoisotopic (exact) mass is 181 g/mol. The molecule has 0 aromatic carbocycles. The predicted octanol–water partition coefficient (Wildman–Crippen LogP) is 1.23. The molecule has 1 aliphatic heterocycles. The van der Waals surface area contributed by atoms with E-state index in [1.165, 1.54) is 0 Å². The summed E-state index contributed by atoms with van der Waals surface area (Å²) in [4.78, 5) is 0. The first-order chi connectivity index (χ1) is 6.25. The Hall–Kier alpha value is -0.900. The van der Waals surface area contributed by atoms with Gasteiger partial charge in [-0.2, -0.15) is 0 Å². The molecule has 4 nitrogen and oxygen atoms in total. The van der Waals surface area contributed by atoms with Crippen molar-refractivity contribution in [2.75, 3.05) is 6.54 Å². The molecule has 0 spiro atoms. The Kier molecular flexibility index (Phi) is 2.31. The molecule has 1 aromatic rings. The van der Waals surface area contributed by atoms with E-state index in [0.717, 1.165) is 25.3 Å². The Morgan fingerprint density at radius 1 is 1.46 bits per heavy atom. The molecule has 0 aliphatic carbocycles. The Bertz CT molecular complexity index is 284. The van der Waals surface area contributed by atoms with Crippen molar-refractivity contribution in [1.82, 2.24) is 15.5 Å². The molecule has 0 unspecified atom stereocenters. The maximum atomic E-state index is 5.42. The smallest absolute Gasteiger partial charge is 0.219 e. The Morgan fingerprint density at radius 3 is 2.92 bits per heavy atom. The molecule has 0 radical (unpaired) electrons. The normalized spacial score (nSPS) is 29.1. The molecule has 2 heterocycles. The van der Waals surface area contributed by atoms with Crippen LogP contribution in [0.5, 0.6) is 0 Å². The van der Waals surface area contributed by atoms with Crippen LogP contribution in [0.15, 0.2) is 4.42 Å². The third-order valence-electron chi connectivity index (χ3n) is 2.51. The summed E-state index contributed by atoms with van der Waals surface area (Å²) in [5.41, 5.74) is 0. The van der Waals surface area contributed by atoms with Crippen LogP contribution in [0, 0.1) is 6.92 Å². The minimum Gasteiger partial charge on any atom is -0.425 e. The lowest BCUT2D eigenvalue weighted by atomic mass is 9.93. The first-order valence-corrected chi connectivity index (χ1v) is 4.79. The van der Waals surface area contributed by atoms with Crippen LogP contribution < -0.4 is 5.32 Å². The molecular formula is C9H15N3O. The van der Waals surface area contributed by atoms with Crippen LogP contribution in [0.25, 0.3) is 0 Å². The largest absolute Gasteiger partial charge is 0.425 e. The average molecular weight is 181 g/mol. The van der Waals surface area contributed by atoms with Crippen molar-refractivity contribution in [1.29, 1.82) is 0 Å². The first-order valence-electron chi connectivity index (χ1n) is 4.79. The summed E-state index contributed by atoms with van der Waals surface area (Å²) >= 11 is 0. The first kappa shape index (κ1) is 8.69. The number of aromatic nitrogens is 2. The van der Waals surface area contributed by atoms with Gasteiger partial charge in [-0.05, 0) is 26.3 Å². The molecule has 1 aromatic heterocycles. The summed E-state index contributed by atoms with van der Waals surface area (Å²) in [7, 11) is 0. The summed E-state index contributed by atoms with van der Waals surface area (Å²) in [5, 5.41) is 11.3. The summed E-state index contributed by atoms with van der Waals surface area (Å²) in [6.45, 7) is 5.07. The fourth-order valence-corrected chi connectivity index (χ4v) is 1.83. The lowest BCUT2D eigenvalue weighted by Gasteiger charge is -2.25. The van der Waals surface area contributed by atoms with Crippen LogP contribution in [0.4, 0.5) is 0 Å². The van der Waals surface area contributed by atoms with Gasteiger partial charge in [0, 0.05) is 18.9 Å². The van der Waals surface area contributed by atoms with Crippen molar-refractivity contribution in [2.45, 2.75) is 38.6 Å². The van der Waals surface area contributed by atoms with Gasteiger partial charge >= 0.3 is 0 Å². The molecular weight excluding hydrogens is 166 g/mol. The van der Waals surface area contributed by atoms with Gasteiger partial charge in [0.1, 0.15) is 0 Å². The van der Waals surface area contributed by atoms with Crippen molar-refractivity contribution in [3.8, 4) is 0 Å². The van der Waals surface area contributed by atoms with Crippen LogP contribution >= 0.6 is 0 Å². The van der Waals surface area contributed by atoms with Crippen LogP contribution in [0.1, 0.15) is 37.5 Å². The maximum absolute atomic E-state index is 5.42. The number of nitrogens with zero attached hydrogens (tertiary/aromatic N) is 2. The molecule has 1 saturated heterocycles. The van der Waals surface area contributed by atoms with Gasteiger partial charge < -0.3 is 9.73 Å². The van der Waals surface area contributed by atoms with E-state index in [0.29, 0.717) is 17.9 Å². The van der Waals surface area contributed by atoms with Gasteiger partial charge in [0.25, 0.3) is 0 Å². The molecule has 1 aliphatic rings. The maximum Gasteiger partial charge on any atom is 0.219 e. The molecule has 13 heavy (non-hydrogen) atoms. The van der Waals surface area contributed by atoms with Crippen molar-refractivity contribution in [2.24, 2.45) is 0 Å². The average Bonchev–Trinajstić information content (AvgIpc) is 2.52. The van der Waals surface area contributed by atoms with E-state index in [1.54, 1.807) is 0 Å². The van der Waals surface area contributed by atoms with Crippen LogP contribution in [-0.4, -0.2) is 22.8 Å². The van der Waals surface area contributed by atoms with Gasteiger partial charge in [0.05, 0.1) is 0 Å². The van der Waals surface area contributed by atoms with Gasteiger partial charge in [-0.25, -0.2) is 0 Å². The van der Waals surface area contributed by atoms with E-state index >= 15 is 0 Å². The van der Waals surface area contributed by atoms with E-state index in [4.69, 9.17) is 4.42 Å². The van der Waals surface area contributed by atoms with Crippen LogP contribution in [-0.2, 0) is 0 Å². The van der Waals surface area contributed by atoms with E-state index in [1.807, 2.05) is 6.92 Å². The summed E-state index contributed by atoms with van der Waals surface area (Å²) in [6.07, 6.45) is 2.20. The Labute approximate surface area is 77.7 Å². The third-order valence-corrected chi connectivity index (χ3v) is 2.51. The quantitative estimate of drug-likeness (QED) is 0.708.